The lowest BCUT2D eigenvalue weighted by Gasteiger charge is -2.31. The lowest BCUT2D eigenvalue weighted by atomic mass is 10.0. The van der Waals surface area contributed by atoms with Crippen LogP contribution in [0.2, 0.25) is 5.02 Å². The molecule has 1 unspecified atom stereocenters. The number of rotatable bonds is 4. The molecular weight excluding hydrogens is 520 g/mol. The van der Waals surface area contributed by atoms with E-state index in [0.717, 1.165) is 34.0 Å². The van der Waals surface area contributed by atoms with E-state index in [1.807, 2.05) is 64.8 Å². The van der Waals surface area contributed by atoms with Gasteiger partial charge in [-0.05, 0) is 66.6 Å². The molecule has 5 aromatic rings. The first-order valence-electron chi connectivity index (χ1n) is 12.6. The van der Waals surface area contributed by atoms with Gasteiger partial charge in [0.25, 0.3) is 0 Å². The summed E-state index contributed by atoms with van der Waals surface area (Å²) in [6.07, 6.45) is 2.61. The van der Waals surface area contributed by atoms with Crippen molar-refractivity contribution in [3.05, 3.63) is 130 Å². The van der Waals surface area contributed by atoms with Gasteiger partial charge in [-0.3, -0.25) is 0 Å². The van der Waals surface area contributed by atoms with Crippen molar-refractivity contribution in [2.24, 2.45) is 0 Å². The minimum atomic E-state index is -0.572. The van der Waals surface area contributed by atoms with Gasteiger partial charge in [-0.1, -0.05) is 48.9 Å². The Hall–Kier alpha value is -4.43. The molecule has 0 bridgehead atoms. The molecule has 0 spiro atoms. The fourth-order valence-corrected chi connectivity index (χ4v) is 5.29. The van der Waals surface area contributed by atoms with Crippen LogP contribution in [0.3, 0.4) is 0 Å². The summed E-state index contributed by atoms with van der Waals surface area (Å²) in [5.74, 6) is -0.0988. The van der Waals surface area contributed by atoms with Crippen LogP contribution in [0.5, 0.6) is 0 Å². The molecule has 0 saturated carbocycles. The SMILES string of the molecule is CCc1nn(-c2ccccc2)c2c1CN(C(=O)Nc1ccc(F)c(Cl)c1)C(c1ccc(F)cc1)c1cccn1-2. The summed E-state index contributed by atoms with van der Waals surface area (Å²) in [5.41, 5.74) is 4.56. The standard InChI is InChI=1S/C30H24ClF2N5O/c1-2-26-23-18-37(30(39)34-21-14-15-25(33)24(31)17-21)28(19-10-12-20(32)13-11-19)27-9-6-16-36(27)29(23)38(35-26)22-7-4-3-5-8-22/h3-17,28H,2,18H2,1H3,(H,34,39). The Morgan fingerprint density at radius 2 is 1.79 bits per heavy atom. The highest BCUT2D eigenvalue weighted by Gasteiger charge is 2.36. The van der Waals surface area contributed by atoms with Crippen LogP contribution in [0.15, 0.2) is 91.1 Å². The summed E-state index contributed by atoms with van der Waals surface area (Å²) in [4.78, 5) is 15.6. The number of nitrogens with one attached hydrogen (secondary N) is 1. The van der Waals surface area contributed by atoms with Crippen molar-refractivity contribution in [3.8, 4) is 11.5 Å². The van der Waals surface area contributed by atoms with Crippen LogP contribution in [0, 0.1) is 11.6 Å². The molecule has 196 valence electrons. The fourth-order valence-electron chi connectivity index (χ4n) is 5.11. The number of nitrogens with zero attached hydrogens (tertiary/aromatic N) is 4. The van der Waals surface area contributed by atoms with Gasteiger partial charge in [0, 0.05) is 17.4 Å². The third-order valence-electron chi connectivity index (χ3n) is 6.92. The molecule has 39 heavy (non-hydrogen) atoms. The van der Waals surface area contributed by atoms with Crippen LogP contribution < -0.4 is 5.32 Å². The minimum absolute atomic E-state index is 0.0904. The van der Waals surface area contributed by atoms with Gasteiger partial charge in [0.2, 0.25) is 0 Å². The van der Waals surface area contributed by atoms with E-state index in [0.29, 0.717) is 12.1 Å². The van der Waals surface area contributed by atoms with E-state index in [9.17, 15) is 13.6 Å². The third kappa shape index (κ3) is 4.46. The molecule has 1 aliphatic heterocycles. The Kier molecular flexibility index (Phi) is 6.40. The maximum atomic E-state index is 14.0. The zero-order valence-electron chi connectivity index (χ0n) is 21.0. The molecule has 6 rings (SSSR count). The summed E-state index contributed by atoms with van der Waals surface area (Å²) in [6, 6.07) is 22.9. The number of fused-ring (bicyclic) bond motifs is 3. The third-order valence-corrected chi connectivity index (χ3v) is 7.21. The van der Waals surface area contributed by atoms with Gasteiger partial charge < -0.3 is 14.8 Å². The maximum absolute atomic E-state index is 14.0. The molecule has 2 aromatic heterocycles. The van der Waals surface area contributed by atoms with E-state index in [-0.39, 0.29) is 17.4 Å². The average molecular weight is 544 g/mol. The Bertz CT molecular complexity index is 1660. The van der Waals surface area contributed by atoms with Gasteiger partial charge in [0.05, 0.1) is 34.7 Å². The number of carbonyl (C=O) groups is 1. The molecule has 0 radical (unpaired) electrons. The quantitative estimate of drug-likeness (QED) is 0.259. The number of benzene rings is 3. The molecular formula is C30H24ClF2N5O. The molecule has 1 N–H and O–H groups in total. The van der Waals surface area contributed by atoms with Gasteiger partial charge in [0.15, 0.2) is 0 Å². The van der Waals surface area contributed by atoms with Crippen molar-refractivity contribution in [2.75, 3.05) is 5.32 Å². The predicted molar refractivity (Wildman–Crippen MR) is 146 cm³/mol. The highest BCUT2D eigenvalue weighted by Crippen LogP contribution is 2.39. The smallest absolute Gasteiger partial charge is 0.308 e. The number of halogens is 3. The number of amides is 2. The molecule has 1 atom stereocenters. The summed E-state index contributed by atoms with van der Waals surface area (Å²) in [7, 11) is 0. The van der Waals surface area contributed by atoms with E-state index in [2.05, 4.69) is 5.32 Å². The maximum Gasteiger partial charge on any atom is 0.322 e. The molecule has 0 saturated heterocycles. The van der Waals surface area contributed by atoms with Crippen LogP contribution in [0.1, 0.15) is 35.5 Å². The minimum Gasteiger partial charge on any atom is -0.308 e. The largest absolute Gasteiger partial charge is 0.322 e. The number of hydrogen-bond donors (Lipinski definition) is 1. The highest BCUT2D eigenvalue weighted by atomic mass is 35.5. The second kappa shape index (κ2) is 10.0. The van der Waals surface area contributed by atoms with E-state index in [4.69, 9.17) is 16.7 Å². The zero-order valence-corrected chi connectivity index (χ0v) is 21.7. The molecule has 3 aromatic carbocycles. The van der Waals surface area contributed by atoms with Crippen LogP contribution >= 0.6 is 11.6 Å². The Morgan fingerprint density at radius 1 is 1.03 bits per heavy atom. The molecule has 6 nitrogen and oxygen atoms in total. The molecule has 3 heterocycles. The van der Waals surface area contributed by atoms with Gasteiger partial charge >= 0.3 is 6.03 Å². The summed E-state index contributed by atoms with van der Waals surface area (Å²) < 4.78 is 31.7. The first kappa shape index (κ1) is 24.9. The first-order chi connectivity index (χ1) is 18.9. The Balaban J connectivity index is 1.54. The summed E-state index contributed by atoms with van der Waals surface area (Å²) >= 11 is 5.98. The zero-order chi connectivity index (χ0) is 27.1. The Labute approximate surface area is 229 Å². The van der Waals surface area contributed by atoms with Crippen molar-refractivity contribution < 1.29 is 13.6 Å². The number of anilines is 1. The second-order valence-electron chi connectivity index (χ2n) is 9.29. The number of para-hydroxylation sites is 1. The first-order valence-corrected chi connectivity index (χ1v) is 12.9. The summed E-state index contributed by atoms with van der Waals surface area (Å²) in [5, 5.41) is 7.72. The Morgan fingerprint density at radius 3 is 2.51 bits per heavy atom. The number of hydrogen-bond acceptors (Lipinski definition) is 2. The van der Waals surface area contributed by atoms with Crippen molar-refractivity contribution in [1.82, 2.24) is 19.2 Å². The summed E-state index contributed by atoms with van der Waals surface area (Å²) in [6.45, 7) is 2.26. The van der Waals surface area contributed by atoms with Crippen LogP contribution in [0.4, 0.5) is 19.3 Å². The molecule has 0 aliphatic carbocycles. The number of carbonyl (C=O) groups excluding carboxylic acids is 1. The van der Waals surface area contributed by atoms with Gasteiger partial charge in [-0.15, -0.1) is 0 Å². The topological polar surface area (TPSA) is 55.1 Å². The number of aryl methyl sites for hydroxylation is 1. The van der Waals surface area contributed by atoms with Gasteiger partial charge in [0.1, 0.15) is 17.5 Å². The highest BCUT2D eigenvalue weighted by molar-refractivity contribution is 6.31. The molecule has 9 heteroatoms. The van der Waals surface area contributed by atoms with Crippen molar-refractivity contribution in [3.63, 3.8) is 0 Å². The molecule has 2 amide bonds. The van der Waals surface area contributed by atoms with E-state index < -0.39 is 17.9 Å². The lowest BCUT2D eigenvalue weighted by molar-refractivity contribution is 0.194. The molecule has 1 aliphatic rings. The average Bonchev–Trinajstić information content (AvgIpc) is 3.53. The monoisotopic (exact) mass is 543 g/mol. The van der Waals surface area contributed by atoms with E-state index >= 15 is 0 Å². The van der Waals surface area contributed by atoms with Crippen molar-refractivity contribution in [2.45, 2.75) is 25.9 Å². The van der Waals surface area contributed by atoms with Crippen molar-refractivity contribution in [1.29, 1.82) is 0 Å². The fraction of sp³-hybridized carbons (Fsp3) is 0.133. The van der Waals surface area contributed by atoms with Crippen LogP contribution in [-0.4, -0.2) is 25.3 Å². The van der Waals surface area contributed by atoms with Gasteiger partial charge in [-0.25, -0.2) is 18.3 Å². The number of aromatic nitrogens is 3. The van der Waals surface area contributed by atoms with E-state index in [1.54, 1.807) is 17.0 Å². The van der Waals surface area contributed by atoms with Crippen LogP contribution in [-0.2, 0) is 13.0 Å². The van der Waals surface area contributed by atoms with Crippen LogP contribution in [0.25, 0.3) is 11.5 Å². The van der Waals surface area contributed by atoms with E-state index in [1.165, 1.54) is 30.3 Å². The lowest BCUT2D eigenvalue weighted by Crippen LogP contribution is -2.38. The second-order valence-corrected chi connectivity index (χ2v) is 9.70. The van der Waals surface area contributed by atoms with Crippen molar-refractivity contribution >= 4 is 23.3 Å². The predicted octanol–water partition coefficient (Wildman–Crippen LogP) is 7.29. The normalized spacial score (nSPS) is 14.5. The van der Waals surface area contributed by atoms with Gasteiger partial charge in [-0.2, -0.15) is 5.10 Å². The number of urea groups is 1. The molecule has 0 fully saturated rings.